The normalized spacial score (nSPS) is 16.2. The van der Waals surface area contributed by atoms with Gasteiger partial charge in [-0.1, -0.05) is 43.5 Å². The molecule has 0 unspecified atom stereocenters. The van der Waals surface area contributed by atoms with Gasteiger partial charge in [0.05, 0.1) is 23.8 Å². The summed E-state index contributed by atoms with van der Waals surface area (Å²) in [6, 6.07) is 13.7. The highest BCUT2D eigenvalue weighted by molar-refractivity contribution is 6.13. The Bertz CT molecular complexity index is 1360. The van der Waals surface area contributed by atoms with Crippen molar-refractivity contribution in [2.45, 2.75) is 51.9 Å². The van der Waals surface area contributed by atoms with Crippen LogP contribution in [-0.2, 0) is 7.05 Å². The third-order valence-corrected chi connectivity index (χ3v) is 7.79. The average Bonchev–Trinajstić information content (AvgIpc) is 2.81. The van der Waals surface area contributed by atoms with Gasteiger partial charge in [-0.25, -0.2) is 4.57 Å². The van der Waals surface area contributed by atoms with Crippen LogP contribution in [0.25, 0.3) is 32.9 Å². The summed E-state index contributed by atoms with van der Waals surface area (Å²) in [6.07, 6.45) is 8.70. The van der Waals surface area contributed by atoms with Gasteiger partial charge in [-0.3, -0.25) is 0 Å². The number of fused-ring (bicyclic) bond motifs is 3. The summed E-state index contributed by atoms with van der Waals surface area (Å²) in [4.78, 5) is 7.34. The molecular formula is C28H30N3+. The van der Waals surface area contributed by atoms with Crippen LogP contribution >= 0.6 is 0 Å². The second-order valence-corrected chi connectivity index (χ2v) is 9.55. The molecule has 4 aromatic rings. The van der Waals surface area contributed by atoms with E-state index in [1.54, 1.807) is 0 Å². The van der Waals surface area contributed by atoms with E-state index in [0.29, 0.717) is 5.92 Å². The van der Waals surface area contributed by atoms with Crippen molar-refractivity contribution in [1.29, 1.82) is 0 Å². The fraction of sp³-hybridized carbons (Fsp3) is 0.357. The largest absolute Gasteiger partial charge is 0.343 e. The molecule has 31 heavy (non-hydrogen) atoms. The van der Waals surface area contributed by atoms with Crippen molar-refractivity contribution in [2.24, 2.45) is 7.05 Å². The van der Waals surface area contributed by atoms with Gasteiger partial charge in [0.1, 0.15) is 5.69 Å². The van der Waals surface area contributed by atoms with Gasteiger partial charge in [-0.05, 0) is 77.2 Å². The minimum atomic E-state index is 0.669. The Kier molecular flexibility index (Phi) is 4.11. The summed E-state index contributed by atoms with van der Waals surface area (Å²) in [7, 11) is 4.38. The Morgan fingerprint density at radius 1 is 0.968 bits per heavy atom. The monoisotopic (exact) mass is 408 g/mol. The smallest absolute Gasteiger partial charge is 0.287 e. The van der Waals surface area contributed by atoms with Gasteiger partial charge in [0, 0.05) is 12.6 Å². The number of hydrogen-bond acceptors (Lipinski definition) is 2. The molecule has 1 aromatic heterocycles. The summed E-state index contributed by atoms with van der Waals surface area (Å²) in [5, 5.41) is 3.99. The van der Waals surface area contributed by atoms with Crippen LogP contribution in [0.1, 0.15) is 54.7 Å². The van der Waals surface area contributed by atoms with E-state index in [-0.39, 0.29) is 0 Å². The number of anilines is 2. The predicted molar refractivity (Wildman–Crippen MR) is 129 cm³/mol. The molecule has 1 saturated carbocycles. The van der Waals surface area contributed by atoms with E-state index in [0.717, 1.165) is 5.52 Å². The van der Waals surface area contributed by atoms with Crippen molar-refractivity contribution in [2.75, 3.05) is 11.9 Å². The summed E-state index contributed by atoms with van der Waals surface area (Å²) < 4.78 is 2.22. The highest BCUT2D eigenvalue weighted by Gasteiger charge is 2.33. The fourth-order valence-corrected chi connectivity index (χ4v) is 6.19. The van der Waals surface area contributed by atoms with Crippen LogP contribution in [0.4, 0.5) is 11.4 Å². The van der Waals surface area contributed by atoms with E-state index in [9.17, 15) is 0 Å². The molecule has 3 nitrogen and oxygen atoms in total. The van der Waals surface area contributed by atoms with Crippen molar-refractivity contribution >= 4 is 33.1 Å². The van der Waals surface area contributed by atoms with Crippen LogP contribution in [-0.4, -0.2) is 12.0 Å². The van der Waals surface area contributed by atoms with Crippen molar-refractivity contribution in [3.63, 3.8) is 0 Å². The van der Waals surface area contributed by atoms with Gasteiger partial charge in [0.2, 0.25) is 0 Å². The molecule has 156 valence electrons. The summed E-state index contributed by atoms with van der Waals surface area (Å²) in [6.45, 7) is 4.56. The van der Waals surface area contributed by atoms with E-state index in [4.69, 9.17) is 4.98 Å². The van der Waals surface area contributed by atoms with Gasteiger partial charge in [0.25, 0.3) is 6.33 Å². The topological polar surface area (TPSA) is 20.0 Å². The molecule has 3 heteroatoms. The second-order valence-electron chi connectivity index (χ2n) is 9.55. The highest BCUT2D eigenvalue weighted by Crippen LogP contribution is 2.51. The lowest BCUT2D eigenvalue weighted by molar-refractivity contribution is -0.662. The number of nitrogens with zero attached hydrogens (tertiary/aromatic N) is 3. The Labute approximate surface area is 184 Å². The minimum Gasteiger partial charge on any atom is -0.343 e. The van der Waals surface area contributed by atoms with Crippen LogP contribution in [0.3, 0.4) is 0 Å². The Hall–Kier alpha value is -2.94. The molecule has 6 rings (SSSR count). The summed E-state index contributed by atoms with van der Waals surface area (Å²) in [5.41, 5.74) is 10.6. The Balaban J connectivity index is 1.72. The predicted octanol–water partition coefficient (Wildman–Crippen LogP) is 6.63. The van der Waals surface area contributed by atoms with Gasteiger partial charge < -0.3 is 4.90 Å². The number of aryl methyl sites for hydroxylation is 3. The molecule has 3 aromatic carbocycles. The molecule has 0 radical (unpaired) electrons. The molecule has 1 aliphatic carbocycles. The maximum atomic E-state index is 4.90. The van der Waals surface area contributed by atoms with Crippen molar-refractivity contribution in [3.05, 3.63) is 59.4 Å². The Morgan fingerprint density at radius 2 is 1.68 bits per heavy atom. The van der Waals surface area contributed by atoms with E-state index >= 15 is 0 Å². The van der Waals surface area contributed by atoms with Crippen LogP contribution in [0, 0.1) is 13.8 Å². The molecule has 1 aliphatic heterocycles. The molecule has 0 saturated heterocycles. The molecule has 0 atom stereocenters. The van der Waals surface area contributed by atoms with Gasteiger partial charge in [0.15, 0.2) is 5.52 Å². The maximum absolute atomic E-state index is 4.90. The molecular weight excluding hydrogens is 378 g/mol. The number of rotatable bonds is 1. The SMILES string of the molecule is Cc1c2c(c(C)c3ccccc13)N(C)c1cc(C3CCCCC3)cc3nc[n+](C)c-2c13. The van der Waals surface area contributed by atoms with E-state index in [2.05, 4.69) is 73.8 Å². The number of benzene rings is 3. The van der Waals surface area contributed by atoms with Crippen LogP contribution in [0.2, 0.25) is 0 Å². The Morgan fingerprint density at radius 3 is 2.42 bits per heavy atom. The average molecular weight is 409 g/mol. The molecule has 2 aliphatic rings. The van der Waals surface area contributed by atoms with Gasteiger partial charge >= 0.3 is 0 Å². The molecule has 0 amide bonds. The molecule has 1 fully saturated rings. The first-order valence-electron chi connectivity index (χ1n) is 11.6. The minimum absolute atomic E-state index is 0.669. The van der Waals surface area contributed by atoms with Gasteiger partial charge in [-0.2, -0.15) is 0 Å². The summed E-state index contributed by atoms with van der Waals surface area (Å²) >= 11 is 0. The number of aromatic nitrogens is 2. The zero-order valence-corrected chi connectivity index (χ0v) is 19.0. The van der Waals surface area contributed by atoms with Crippen molar-refractivity contribution < 1.29 is 4.57 Å². The van der Waals surface area contributed by atoms with Crippen LogP contribution in [0.5, 0.6) is 0 Å². The highest BCUT2D eigenvalue weighted by atomic mass is 15.1. The summed E-state index contributed by atoms with van der Waals surface area (Å²) in [5.74, 6) is 0.669. The lowest BCUT2D eigenvalue weighted by Gasteiger charge is -2.33. The molecule has 0 bridgehead atoms. The quantitative estimate of drug-likeness (QED) is 0.330. The second kappa shape index (κ2) is 6.78. The first-order chi connectivity index (χ1) is 15.1. The van der Waals surface area contributed by atoms with Crippen molar-refractivity contribution in [3.8, 4) is 11.3 Å². The van der Waals surface area contributed by atoms with E-state index in [1.165, 1.54) is 87.6 Å². The van der Waals surface area contributed by atoms with Gasteiger partial charge in [-0.15, -0.1) is 0 Å². The molecule has 2 heterocycles. The first kappa shape index (κ1) is 18.8. The van der Waals surface area contributed by atoms with Crippen molar-refractivity contribution in [1.82, 2.24) is 4.98 Å². The van der Waals surface area contributed by atoms with Crippen LogP contribution in [0.15, 0.2) is 42.7 Å². The molecule has 0 spiro atoms. The van der Waals surface area contributed by atoms with E-state index < -0.39 is 0 Å². The van der Waals surface area contributed by atoms with Crippen LogP contribution < -0.4 is 9.47 Å². The maximum Gasteiger partial charge on any atom is 0.287 e. The third-order valence-electron chi connectivity index (χ3n) is 7.79. The van der Waals surface area contributed by atoms with E-state index in [1.807, 2.05) is 6.33 Å². The fourth-order valence-electron chi connectivity index (χ4n) is 6.19. The number of hydrogen-bond donors (Lipinski definition) is 0. The lowest BCUT2D eigenvalue weighted by atomic mass is 9.82. The first-order valence-corrected chi connectivity index (χ1v) is 11.6. The zero-order valence-electron chi connectivity index (χ0n) is 19.0. The zero-order chi connectivity index (χ0) is 21.3. The lowest BCUT2D eigenvalue weighted by Crippen LogP contribution is -2.34. The standard InChI is InChI=1S/C28H30N3/c1-17-21-12-8-9-13-22(21)18(2)27-25(17)28-26-23(29-16-30(28)3)14-20(15-24(26)31(27)4)19-10-6-5-7-11-19/h8-9,12-16,19H,5-7,10-11H2,1-4H3/q+1. The third kappa shape index (κ3) is 2.59. The molecule has 0 N–H and O–H groups in total.